The van der Waals surface area contributed by atoms with Crippen molar-refractivity contribution in [3.8, 4) is 0 Å². The first-order valence-electron chi connectivity index (χ1n) is 7.57. The van der Waals surface area contributed by atoms with Gasteiger partial charge in [0.25, 0.3) is 0 Å². The highest BCUT2D eigenvalue weighted by atomic mass is 32.1. The van der Waals surface area contributed by atoms with Crippen molar-refractivity contribution in [1.82, 2.24) is 15.1 Å². The number of methoxy groups -OCH3 is 1. The normalized spacial score (nSPS) is 21.8. The molecule has 19 heavy (non-hydrogen) atoms. The van der Waals surface area contributed by atoms with Gasteiger partial charge >= 0.3 is 0 Å². The Morgan fingerprint density at radius 1 is 1.21 bits per heavy atom. The van der Waals surface area contributed by atoms with E-state index < -0.39 is 0 Å². The average molecular weight is 285 g/mol. The van der Waals surface area contributed by atoms with Gasteiger partial charge in [-0.1, -0.05) is 12.8 Å². The van der Waals surface area contributed by atoms with E-state index in [1.165, 1.54) is 38.8 Å². The minimum absolute atomic E-state index is 0.797. The Morgan fingerprint density at radius 2 is 1.89 bits per heavy atom. The molecule has 0 bridgehead atoms. The summed E-state index contributed by atoms with van der Waals surface area (Å²) in [7, 11) is 1.74. The van der Waals surface area contributed by atoms with Crippen LogP contribution in [0.3, 0.4) is 0 Å². The van der Waals surface area contributed by atoms with E-state index in [1.54, 1.807) is 7.11 Å². The summed E-state index contributed by atoms with van der Waals surface area (Å²) in [6.07, 6.45) is 6.66. The van der Waals surface area contributed by atoms with E-state index in [0.29, 0.717) is 0 Å². The Kier molecular flexibility index (Phi) is 6.34. The van der Waals surface area contributed by atoms with Crippen LogP contribution in [0.15, 0.2) is 0 Å². The topological polar surface area (TPSA) is 27.7 Å². The lowest BCUT2D eigenvalue weighted by Crippen LogP contribution is -2.53. The van der Waals surface area contributed by atoms with Crippen LogP contribution in [0.2, 0.25) is 0 Å². The predicted molar refractivity (Wildman–Crippen MR) is 82.5 cm³/mol. The van der Waals surface area contributed by atoms with E-state index in [1.807, 2.05) is 0 Å². The molecular formula is C14H27N3OS. The molecule has 0 spiro atoms. The van der Waals surface area contributed by atoms with E-state index in [-0.39, 0.29) is 0 Å². The number of nitrogens with one attached hydrogen (secondary N) is 1. The Balaban J connectivity index is 1.63. The SMILES string of the molecule is COCCCNC(=S)N1CCN(C2CCCC2)CC1. The molecule has 4 nitrogen and oxygen atoms in total. The van der Waals surface area contributed by atoms with Gasteiger partial charge in [0.1, 0.15) is 0 Å². The summed E-state index contributed by atoms with van der Waals surface area (Å²) in [5.74, 6) is 0. The molecule has 1 N–H and O–H groups in total. The van der Waals surface area contributed by atoms with Crippen LogP contribution < -0.4 is 5.32 Å². The zero-order chi connectivity index (χ0) is 13.5. The maximum atomic E-state index is 5.45. The number of piperazine rings is 1. The van der Waals surface area contributed by atoms with Crippen molar-refractivity contribution in [1.29, 1.82) is 0 Å². The molecule has 2 aliphatic rings. The fraction of sp³-hybridized carbons (Fsp3) is 0.929. The van der Waals surface area contributed by atoms with Gasteiger partial charge < -0.3 is 15.0 Å². The molecule has 0 unspecified atom stereocenters. The minimum atomic E-state index is 0.797. The second-order valence-corrected chi connectivity index (χ2v) is 5.93. The van der Waals surface area contributed by atoms with Gasteiger partial charge in [0.2, 0.25) is 0 Å². The minimum Gasteiger partial charge on any atom is -0.385 e. The van der Waals surface area contributed by atoms with Crippen LogP contribution >= 0.6 is 12.2 Å². The molecule has 0 aromatic heterocycles. The highest BCUT2D eigenvalue weighted by Gasteiger charge is 2.26. The van der Waals surface area contributed by atoms with E-state index >= 15 is 0 Å². The molecule has 5 heteroatoms. The molecule has 0 aromatic carbocycles. The van der Waals surface area contributed by atoms with Crippen LogP contribution in [0.5, 0.6) is 0 Å². The largest absolute Gasteiger partial charge is 0.385 e. The first-order chi connectivity index (χ1) is 9.31. The summed E-state index contributed by atoms with van der Waals surface area (Å²) in [6, 6.07) is 0.852. The zero-order valence-corrected chi connectivity index (χ0v) is 12.9. The average Bonchev–Trinajstić information content (AvgIpc) is 2.98. The van der Waals surface area contributed by atoms with Gasteiger partial charge in [0, 0.05) is 52.5 Å². The Labute approximate surface area is 122 Å². The number of nitrogens with zero attached hydrogens (tertiary/aromatic N) is 2. The Morgan fingerprint density at radius 3 is 2.53 bits per heavy atom. The van der Waals surface area contributed by atoms with E-state index in [0.717, 1.165) is 43.8 Å². The molecule has 1 heterocycles. The lowest BCUT2D eigenvalue weighted by molar-refractivity contribution is 0.133. The van der Waals surface area contributed by atoms with Crippen LogP contribution in [0.1, 0.15) is 32.1 Å². The quantitative estimate of drug-likeness (QED) is 0.610. The number of thiocarbonyl (C=S) groups is 1. The Hall–Kier alpha value is -0.390. The smallest absolute Gasteiger partial charge is 0.169 e. The van der Waals surface area contributed by atoms with Crippen molar-refractivity contribution < 1.29 is 4.74 Å². The summed E-state index contributed by atoms with van der Waals surface area (Å²) < 4.78 is 5.04. The highest BCUT2D eigenvalue weighted by Crippen LogP contribution is 2.24. The van der Waals surface area contributed by atoms with E-state index in [9.17, 15) is 0 Å². The number of rotatable bonds is 5. The summed E-state index contributed by atoms with van der Waals surface area (Å²) in [5.41, 5.74) is 0. The van der Waals surface area contributed by atoms with E-state index in [4.69, 9.17) is 17.0 Å². The van der Waals surface area contributed by atoms with Crippen molar-refractivity contribution in [2.45, 2.75) is 38.1 Å². The van der Waals surface area contributed by atoms with Gasteiger partial charge in [-0.05, 0) is 31.5 Å². The third-order valence-electron chi connectivity index (χ3n) is 4.24. The summed E-state index contributed by atoms with van der Waals surface area (Å²) in [5, 5.41) is 4.25. The number of ether oxygens (including phenoxy) is 1. The molecule has 0 atom stereocenters. The van der Waals surface area contributed by atoms with Gasteiger partial charge in [-0.2, -0.15) is 0 Å². The molecule has 2 rings (SSSR count). The lowest BCUT2D eigenvalue weighted by atomic mass is 10.2. The third-order valence-corrected chi connectivity index (χ3v) is 4.65. The van der Waals surface area contributed by atoms with E-state index in [2.05, 4.69) is 15.1 Å². The van der Waals surface area contributed by atoms with Gasteiger partial charge in [-0.25, -0.2) is 0 Å². The van der Waals surface area contributed by atoms with Crippen molar-refractivity contribution in [2.24, 2.45) is 0 Å². The first-order valence-corrected chi connectivity index (χ1v) is 7.98. The third kappa shape index (κ3) is 4.58. The fourth-order valence-electron chi connectivity index (χ4n) is 3.08. The highest BCUT2D eigenvalue weighted by molar-refractivity contribution is 7.80. The zero-order valence-electron chi connectivity index (χ0n) is 12.1. The summed E-state index contributed by atoms with van der Waals surface area (Å²) in [6.45, 7) is 6.20. The Bertz CT molecular complexity index is 274. The fourth-order valence-corrected chi connectivity index (χ4v) is 3.37. The molecule has 0 radical (unpaired) electrons. The lowest BCUT2D eigenvalue weighted by Gasteiger charge is -2.39. The molecule has 110 valence electrons. The van der Waals surface area contributed by atoms with Crippen molar-refractivity contribution in [3.05, 3.63) is 0 Å². The maximum absolute atomic E-state index is 5.45. The molecule has 0 aromatic rings. The second-order valence-electron chi connectivity index (χ2n) is 5.54. The van der Waals surface area contributed by atoms with Gasteiger partial charge in [0.15, 0.2) is 5.11 Å². The molecule has 1 saturated heterocycles. The van der Waals surface area contributed by atoms with Crippen LogP contribution in [-0.2, 0) is 4.74 Å². The molecule has 2 fully saturated rings. The maximum Gasteiger partial charge on any atom is 0.169 e. The van der Waals surface area contributed by atoms with Gasteiger partial charge in [0.05, 0.1) is 0 Å². The predicted octanol–water partition coefficient (Wildman–Crippen LogP) is 1.46. The monoisotopic (exact) mass is 285 g/mol. The molecular weight excluding hydrogens is 258 g/mol. The standard InChI is InChI=1S/C14H27N3OS/c1-18-12-4-7-15-14(19)17-10-8-16(9-11-17)13-5-2-3-6-13/h13H,2-12H2,1H3,(H,15,19). The van der Waals surface area contributed by atoms with Crippen molar-refractivity contribution >= 4 is 17.3 Å². The van der Waals surface area contributed by atoms with Crippen LogP contribution in [0.4, 0.5) is 0 Å². The van der Waals surface area contributed by atoms with Crippen LogP contribution in [-0.4, -0.2) is 67.4 Å². The second kappa shape index (κ2) is 8.02. The van der Waals surface area contributed by atoms with Crippen LogP contribution in [0, 0.1) is 0 Å². The summed E-state index contributed by atoms with van der Waals surface area (Å²) in [4.78, 5) is 4.98. The van der Waals surface area contributed by atoms with Gasteiger partial charge in [-0.15, -0.1) is 0 Å². The first kappa shape index (κ1) is 15.0. The molecule has 1 saturated carbocycles. The number of hydrogen-bond acceptors (Lipinski definition) is 3. The summed E-state index contributed by atoms with van der Waals surface area (Å²) >= 11 is 5.45. The van der Waals surface area contributed by atoms with Crippen molar-refractivity contribution in [3.63, 3.8) is 0 Å². The molecule has 1 aliphatic carbocycles. The molecule has 0 amide bonds. The van der Waals surface area contributed by atoms with Gasteiger partial charge in [-0.3, -0.25) is 4.90 Å². The van der Waals surface area contributed by atoms with Crippen molar-refractivity contribution in [2.75, 3.05) is 46.4 Å². The van der Waals surface area contributed by atoms with Crippen LogP contribution in [0.25, 0.3) is 0 Å². The number of hydrogen-bond donors (Lipinski definition) is 1. The molecule has 1 aliphatic heterocycles.